The number of nitriles is 1. The Kier molecular flexibility index (Phi) is 5.84. The quantitative estimate of drug-likeness (QED) is 0.639. The van der Waals surface area contributed by atoms with Crippen LogP contribution in [0, 0.1) is 17.2 Å². The van der Waals surface area contributed by atoms with Crippen LogP contribution in [0.25, 0.3) is 0 Å². The maximum absolute atomic E-state index is 13.7. The number of hydrogen-bond donors (Lipinski definition) is 1. The molecule has 1 unspecified atom stereocenters. The molecule has 0 radical (unpaired) electrons. The lowest BCUT2D eigenvalue weighted by molar-refractivity contribution is -0.146. The third-order valence-corrected chi connectivity index (χ3v) is 3.61. The van der Waals surface area contributed by atoms with Crippen molar-refractivity contribution in [2.45, 2.75) is 30.8 Å². The Morgan fingerprint density at radius 3 is 2.85 bits per heavy atom. The van der Waals surface area contributed by atoms with Crippen molar-refractivity contribution in [2.75, 3.05) is 13.2 Å². The van der Waals surface area contributed by atoms with Gasteiger partial charge in [0.2, 0.25) is 0 Å². The predicted molar refractivity (Wildman–Crippen MR) is 77.8 cm³/mol. The van der Waals surface area contributed by atoms with Gasteiger partial charge in [-0.15, -0.1) is 0 Å². The van der Waals surface area contributed by atoms with Crippen LogP contribution >= 0.6 is 12.6 Å². The summed E-state index contributed by atoms with van der Waals surface area (Å²) in [5.41, 5.74) is 0.416. The first-order valence-corrected chi connectivity index (χ1v) is 7.26. The zero-order valence-electron chi connectivity index (χ0n) is 11.2. The summed E-state index contributed by atoms with van der Waals surface area (Å²) in [6, 6.07) is 1.96. The number of ether oxygens (including phenoxy) is 2. The third-order valence-electron chi connectivity index (χ3n) is 3.32. The van der Waals surface area contributed by atoms with E-state index in [-0.39, 0.29) is 23.3 Å². The van der Waals surface area contributed by atoms with Crippen molar-refractivity contribution in [2.24, 2.45) is 5.92 Å². The molecule has 0 aromatic rings. The molecule has 0 aromatic carbocycles. The fraction of sp³-hybridized carbons (Fsp3) is 0.533. The molecule has 1 saturated heterocycles. The first kappa shape index (κ1) is 15.3. The monoisotopic (exact) mass is 295 g/mol. The molecule has 2 aliphatic rings. The van der Waals surface area contributed by atoms with E-state index in [1.807, 2.05) is 18.2 Å². The summed E-state index contributed by atoms with van der Waals surface area (Å²) >= 11 is 4.26. The molecule has 1 atom stereocenters. The average Bonchev–Trinajstić information content (AvgIpc) is 2.46. The van der Waals surface area contributed by atoms with Gasteiger partial charge in [0.15, 0.2) is 6.29 Å². The summed E-state index contributed by atoms with van der Waals surface area (Å²) in [4.78, 5) is 0. The van der Waals surface area contributed by atoms with E-state index in [1.165, 1.54) is 6.08 Å². The van der Waals surface area contributed by atoms with E-state index in [2.05, 4.69) is 12.6 Å². The van der Waals surface area contributed by atoms with Crippen molar-refractivity contribution < 1.29 is 13.9 Å². The van der Waals surface area contributed by atoms with E-state index in [0.29, 0.717) is 25.2 Å². The number of halogens is 1. The second-order valence-corrected chi connectivity index (χ2v) is 5.66. The maximum atomic E-state index is 13.7. The van der Waals surface area contributed by atoms with Gasteiger partial charge in [0.05, 0.1) is 24.9 Å². The van der Waals surface area contributed by atoms with Gasteiger partial charge < -0.3 is 9.47 Å². The van der Waals surface area contributed by atoms with Gasteiger partial charge in [-0.2, -0.15) is 17.9 Å². The van der Waals surface area contributed by atoms with Gasteiger partial charge in [-0.05, 0) is 31.4 Å². The topological polar surface area (TPSA) is 42.2 Å². The van der Waals surface area contributed by atoms with Crippen LogP contribution in [0.2, 0.25) is 0 Å². The molecule has 0 saturated carbocycles. The summed E-state index contributed by atoms with van der Waals surface area (Å²) in [5, 5.41) is 8.84. The van der Waals surface area contributed by atoms with Crippen molar-refractivity contribution in [1.29, 1.82) is 5.26 Å². The lowest BCUT2D eigenvalue weighted by Gasteiger charge is -2.24. The van der Waals surface area contributed by atoms with Crippen LogP contribution < -0.4 is 0 Å². The van der Waals surface area contributed by atoms with Crippen LogP contribution in [0.15, 0.2) is 35.7 Å². The fourth-order valence-electron chi connectivity index (χ4n) is 2.16. The molecular weight excluding hydrogens is 277 g/mol. The van der Waals surface area contributed by atoms with Crippen LogP contribution in [0.1, 0.15) is 19.3 Å². The van der Waals surface area contributed by atoms with Gasteiger partial charge in [0, 0.05) is 11.2 Å². The van der Waals surface area contributed by atoms with E-state index in [4.69, 9.17) is 14.7 Å². The van der Waals surface area contributed by atoms with E-state index >= 15 is 0 Å². The Balaban J connectivity index is 1.70. The van der Waals surface area contributed by atoms with Crippen LogP contribution in [0.4, 0.5) is 4.39 Å². The second kappa shape index (κ2) is 7.63. The van der Waals surface area contributed by atoms with Crippen molar-refractivity contribution >= 4 is 12.6 Å². The Labute approximate surface area is 124 Å². The smallest absolute Gasteiger partial charge is 0.176 e. The van der Waals surface area contributed by atoms with Crippen LogP contribution in [-0.2, 0) is 9.47 Å². The molecule has 108 valence electrons. The van der Waals surface area contributed by atoms with Gasteiger partial charge in [0.25, 0.3) is 0 Å². The van der Waals surface area contributed by atoms with Gasteiger partial charge in [-0.25, -0.2) is 4.39 Å². The minimum absolute atomic E-state index is 0.119. The molecule has 0 amide bonds. The predicted octanol–water partition coefficient (Wildman–Crippen LogP) is 3.32. The second-order valence-electron chi connectivity index (χ2n) is 4.93. The van der Waals surface area contributed by atoms with Crippen LogP contribution in [-0.4, -0.2) is 24.8 Å². The van der Waals surface area contributed by atoms with Crippen molar-refractivity contribution in [3.63, 3.8) is 0 Å². The fourth-order valence-corrected chi connectivity index (χ4v) is 2.34. The highest BCUT2D eigenvalue weighted by Crippen LogP contribution is 2.28. The summed E-state index contributed by atoms with van der Waals surface area (Å²) in [5.74, 6) is -0.313. The highest BCUT2D eigenvalue weighted by molar-refractivity contribution is 7.81. The summed E-state index contributed by atoms with van der Waals surface area (Å²) in [6.45, 7) is 1.17. The van der Waals surface area contributed by atoms with Crippen molar-refractivity contribution in [1.82, 2.24) is 0 Å². The van der Waals surface area contributed by atoms with Gasteiger partial charge >= 0.3 is 0 Å². The number of nitrogens with zero attached hydrogens (tertiary/aromatic N) is 1. The SMILES string of the molecule is N#CC1=CCC(CC/C=C/C2OCC(S)CO2)C(F)=C1. The average molecular weight is 295 g/mol. The van der Waals surface area contributed by atoms with Gasteiger partial charge in [0.1, 0.15) is 5.83 Å². The summed E-state index contributed by atoms with van der Waals surface area (Å²) in [6.07, 6.45) is 8.70. The first-order chi connectivity index (χ1) is 9.69. The Morgan fingerprint density at radius 1 is 1.45 bits per heavy atom. The normalized spacial score (nSPS) is 30.8. The third kappa shape index (κ3) is 4.48. The molecule has 20 heavy (non-hydrogen) atoms. The molecule has 0 spiro atoms. The number of hydrogen-bond acceptors (Lipinski definition) is 4. The first-order valence-electron chi connectivity index (χ1n) is 6.74. The van der Waals surface area contributed by atoms with Crippen molar-refractivity contribution in [3.05, 3.63) is 35.7 Å². The van der Waals surface area contributed by atoms with Gasteiger partial charge in [-0.1, -0.05) is 12.2 Å². The number of allylic oxidation sites excluding steroid dienone is 5. The van der Waals surface area contributed by atoms with Gasteiger partial charge in [-0.3, -0.25) is 0 Å². The standard InChI is InChI=1S/C15H18FNO2S/c16-14-7-11(8-17)5-6-12(14)3-1-2-4-15-18-9-13(20)10-19-15/h2,4-5,7,12-13,15,20H,1,3,6,9-10H2/b4-2+. The van der Waals surface area contributed by atoms with E-state index < -0.39 is 0 Å². The minimum Gasteiger partial charge on any atom is -0.348 e. The molecule has 0 aromatic heterocycles. The number of rotatable bonds is 4. The zero-order chi connectivity index (χ0) is 14.4. The van der Waals surface area contributed by atoms with Crippen LogP contribution in [0.3, 0.4) is 0 Å². The number of thiol groups is 1. The molecule has 1 heterocycles. The van der Waals surface area contributed by atoms with Crippen LogP contribution in [0.5, 0.6) is 0 Å². The highest BCUT2D eigenvalue weighted by Gasteiger charge is 2.18. The van der Waals surface area contributed by atoms with E-state index in [9.17, 15) is 4.39 Å². The lowest BCUT2D eigenvalue weighted by atomic mass is 9.92. The molecule has 0 bridgehead atoms. The molecule has 3 nitrogen and oxygen atoms in total. The molecular formula is C15H18FNO2S. The summed E-state index contributed by atoms with van der Waals surface area (Å²) < 4.78 is 24.5. The Hall–Kier alpha value is -1.09. The molecule has 2 rings (SSSR count). The zero-order valence-corrected chi connectivity index (χ0v) is 12.1. The Bertz CT molecular complexity index is 459. The van der Waals surface area contributed by atoms with E-state index in [0.717, 1.165) is 12.8 Å². The Morgan fingerprint density at radius 2 is 2.20 bits per heavy atom. The minimum atomic E-state index is -0.310. The molecule has 1 fully saturated rings. The maximum Gasteiger partial charge on any atom is 0.176 e. The summed E-state index contributed by atoms with van der Waals surface area (Å²) in [7, 11) is 0. The molecule has 1 aliphatic heterocycles. The largest absolute Gasteiger partial charge is 0.348 e. The lowest BCUT2D eigenvalue weighted by Crippen LogP contribution is -2.31. The molecule has 0 N–H and O–H groups in total. The molecule has 1 aliphatic carbocycles. The van der Waals surface area contributed by atoms with Crippen molar-refractivity contribution in [3.8, 4) is 6.07 Å². The highest BCUT2D eigenvalue weighted by atomic mass is 32.1. The van der Waals surface area contributed by atoms with E-state index in [1.54, 1.807) is 6.08 Å². The molecule has 5 heteroatoms.